The Balaban J connectivity index is 1.39. The van der Waals surface area contributed by atoms with Crippen LogP contribution >= 0.6 is 0 Å². The summed E-state index contributed by atoms with van der Waals surface area (Å²) >= 11 is 0. The van der Waals surface area contributed by atoms with Crippen LogP contribution in [0.4, 0.5) is 0 Å². The molecule has 83 heavy (non-hydrogen) atoms. The minimum absolute atomic E-state index is 0.0271. The summed E-state index contributed by atoms with van der Waals surface area (Å²) in [4.78, 5) is 152. The van der Waals surface area contributed by atoms with E-state index in [-0.39, 0.29) is 69.9 Å². The third-order valence-corrected chi connectivity index (χ3v) is 14.0. The first-order chi connectivity index (χ1) is 39.6. The Morgan fingerprint density at radius 1 is 0.723 bits per heavy atom. The van der Waals surface area contributed by atoms with Gasteiger partial charge in [0.15, 0.2) is 5.96 Å². The number of hydrogen-bond acceptors (Lipinski definition) is 14. The van der Waals surface area contributed by atoms with Crippen molar-refractivity contribution in [1.29, 1.82) is 0 Å². The first kappa shape index (κ1) is 64.9. The number of H-pyrrole nitrogens is 2. The highest BCUT2D eigenvalue weighted by atomic mass is 16.4. The molecule has 5 rings (SSSR count). The highest BCUT2D eigenvalue weighted by Crippen LogP contribution is 2.22. The van der Waals surface area contributed by atoms with Gasteiger partial charge in [-0.15, -0.1) is 0 Å². The number of aromatic amines is 2. The summed E-state index contributed by atoms with van der Waals surface area (Å²) in [6.45, 7) is 3.33. The van der Waals surface area contributed by atoms with Crippen LogP contribution in [0.1, 0.15) is 88.5 Å². The van der Waals surface area contributed by atoms with Crippen molar-refractivity contribution in [3.63, 3.8) is 0 Å². The zero-order valence-corrected chi connectivity index (χ0v) is 46.7. The number of carbonyl (C=O) groups is 10. The van der Waals surface area contributed by atoms with Crippen molar-refractivity contribution in [3.05, 3.63) is 90.1 Å². The second-order valence-electron chi connectivity index (χ2n) is 20.7. The number of fused-ring (bicyclic) bond motifs is 1. The highest BCUT2D eigenvalue weighted by molar-refractivity contribution is 5.98. The molecule has 0 radical (unpaired) electrons. The van der Waals surface area contributed by atoms with Gasteiger partial charge >= 0.3 is 5.97 Å². The van der Waals surface area contributed by atoms with Crippen LogP contribution < -0.4 is 65.9 Å². The highest BCUT2D eigenvalue weighted by Gasteiger charge is 2.39. The van der Waals surface area contributed by atoms with Gasteiger partial charge in [0.05, 0.1) is 18.9 Å². The molecule has 1 saturated heterocycles. The van der Waals surface area contributed by atoms with Crippen molar-refractivity contribution >= 4 is 76.0 Å². The second kappa shape index (κ2) is 32.5. The van der Waals surface area contributed by atoms with Crippen molar-refractivity contribution in [2.45, 2.75) is 139 Å². The van der Waals surface area contributed by atoms with E-state index in [4.69, 9.17) is 33.8 Å². The number of aliphatic imine (C=N–C) groups is 1. The molecule has 28 nitrogen and oxygen atoms in total. The topological polar surface area (TPSA) is 465 Å². The minimum Gasteiger partial charge on any atom is -0.481 e. The molecule has 1 fully saturated rings. The Morgan fingerprint density at radius 2 is 1.36 bits per heavy atom. The fourth-order valence-electron chi connectivity index (χ4n) is 9.50. The van der Waals surface area contributed by atoms with Gasteiger partial charge in [0.1, 0.15) is 42.3 Å². The van der Waals surface area contributed by atoms with E-state index in [2.05, 4.69) is 57.2 Å². The molecule has 28 heteroatoms. The van der Waals surface area contributed by atoms with Gasteiger partial charge in [-0.3, -0.25) is 52.9 Å². The summed E-state index contributed by atoms with van der Waals surface area (Å²) in [5.41, 5.74) is 30.9. The van der Waals surface area contributed by atoms with Gasteiger partial charge in [-0.2, -0.15) is 0 Å². The number of para-hydroxylation sites is 1. The predicted octanol–water partition coefficient (Wildman–Crippen LogP) is -2.55. The lowest BCUT2D eigenvalue weighted by molar-refractivity contribution is -0.142. The molecule has 8 atom stereocenters. The summed E-state index contributed by atoms with van der Waals surface area (Å²) in [7, 11) is 0. The molecule has 1 aliphatic rings. The number of unbranched alkanes of at least 4 members (excludes halogenated alkanes) is 1. The number of benzene rings is 2. The SMILES string of the molecule is CC(C)[C@H](NC(=O)[C@@H]1CCCN1C(=O)[C@H](CCCCN)NC(=O)CNC(=O)[C@H](Cc1c[nH]c2ccccc12)NC(=O)[C@H](CCCN=C(N)N)NC(=O)[C@H](Cc1ccccc1)NC(=O)[C@H](Cc1cnc[nH]1)NC(=O)[C@@H](N)CCC(=O)O)C(N)=O. The molecule has 0 saturated carbocycles. The van der Waals surface area contributed by atoms with Gasteiger partial charge in [-0.1, -0.05) is 62.4 Å². The van der Waals surface area contributed by atoms with Gasteiger partial charge in [-0.25, -0.2) is 4.98 Å². The van der Waals surface area contributed by atoms with Crippen LogP contribution in [0.15, 0.2) is 78.3 Å². The number of primary amides is 1. The van der Waals surface area contributed by atoms with E-state index in [1.165, 1.54) is 17.4 Å². The van der Waals surface area contributed by atoms with E-state index < -0.39 is 120 Å². The van der Waals surface area contributed by atoms with E-state index in [9.17, 15) is 47.9 Å². The molecule has 450 valence electrons. The summed E-state index contributed by atoms with van der Waals surface area (Å²) in [5.74, 6) is -8.48. The quantitative estimate of drug-likeness (QED) is 0.0130. The molecule has 9 amide bonds. The zero-order chi connectivity index (χ0) is 60.6. The Hall–Kier alpha value is -8.92. The van der Waals surface area contributed by atoms with E-state index in [0.29, 0.717) is 49.0 Å². The molecule has 1 aliphatic heterocycles. The van der Waals surface area contributed by atoms with Crippen LogP contribution in [0.5, 0.6) is 0 Å². The van der Waals surface area contributed by atoms with Crippen molar-refractivity contribution in [2.24, 2.45) is 39.6 Å². The largest absolute Gasteiger partial charge is 0.481 e. The average Bonchev–Trinajstić information content (AvgIpc) is 4.47. The standard InChI is InChI=1S/C55H79N17O11/c1-31(2)46(47(58)76)71-53(82)43-18-11-23-72(43)54(83)39(16-8-9-21-56)66-44(73)29-64-49(78)41(25-33-27-63-37-15-7-6-14-35(33)37)70-50(79)38(17-10-22-62-55(59)60)67-51(80)40(24-32-12-4-3-5-13-32)69-52(81)42(26-34-28-61-30-65-34)68-48(77)36(57)19-20-45(74)75/h3-7,12-15,27-28,30-31,36,38-43,46,63H,8-11,16-26,29,56-57H2,1-2H3,(H2,58,76)(H,61,65)(H,64,78)(H,66,73)(H,67,80)(H,68,77)(H,69,81)(H,70,79)(H,71,82)(H,74,75)(H4,59,60,62)/t36-,38-,39-,40-,41-,42-,43-,46-/m0/s1. The number of likely N-dealkylation sites (tertiary alicyclic amines) is 1. The summed E-state index contributed by atoms with van der Waals surface area (Å²) in [6, 6.07) is 5.95. The number of guanidine groups is 1. The summed E-state index contributed by atoms with van der Waals surface area (Å²) in [5, 5.41) is 28.6. The van der Waals surface area contributed by atoms with Gasteiger partial charge < -0.3 is 85.9 Å². The number of imidazole rings is 1. The van der Waals surface area contributed by atoms with Gasteiger partial charge in [0, 0.05) is 67.8 Å². The monoisotopic (exact) mass is 1150 g/mol. The molecule has 4 aromatic rings. The Labute approximate surface area is 479 Å². The van der Waals surface area contributed by atoms with Gasteiger partial charge in [-0.05, 0) is 81.0 Å². The molecule has 0 bridgehead atoms. The maximum Gasteiger partial charge on any atom is 0.303 e. The average molecular weight is 1150 g/mol. The van der Waals surface area contributed by atoms with E-state index in [1.54, 1.807) is 56.4 Å². The number of hydrogen-bond donors (Lipinski definition) is 15. The second-order valence-corrected chi connectivity index (χ2v) is 20.7. The van der Waals surface area contributed by atoms with Crippen molar-refractivity contribution in [1.82, 2.24) is 57.1 Å². The van der Waals surface area contributed by atoms with E-state index >= 15 is 0 Å². The lowest BCUT2D eigenvalue weighted by Crippen LogP contribution is -2.60. The number of carbonyl (C=O) groups excluding carboxylic acids is 9. The number of aromatic nitrogens is 3. The molecule has 3 heterocycles. The van der Waals surface area contributed by atoms with Crippen LogP contribution in [0.25, 0.3) is 10.9 Å². The number of nitrogens with two attached hydrogens (primary N) is 5. The van der Waals surface area contributed by atoms with Crippen molar-refractivity contribution in [3.8, 4) is 0 Å². The number of nitrogens with zero attached hydrogens (tertiary/aromatic N) is 3. The van der Waals surface area contributed by atoms with Crippen molar-refractivity contribution in [2.75, 3.05) is 26.2 Å². The smallest absolute Gasteiger partial charge is 0.303 e. The summed E-state index contributed by atoms with van der Waals surface area (Å²) in [6.07, 6.45) is 5.35. The Morgan fingerprint density at radius 3 is 2.01 bits per heavy atom. The number of carboxylic acid groups (broad SMARTS) is 1. The Bertz CT molecular complexity index is 2880. The van der Waals surface area contributed by atoms with E-state index in [1.807, 2.05) is 18.2 Å². The first-order valence-electron chi connectivity index (χ1n) is 27.6. The number of nitrogens with one attached hydrogen (secondary N) is 9. The third kappa shape index (κ3) is 20.5. The van der Waals surface area contributed by atoms with Gasteiger partial charge in [0.2, 0.25) is 53.2 Å². The Kier molecular flexibility index (Phi) is 25.4. The fourth-order valence-corrected chi connectivity index (χ4v) is 9.50. The third-order valence-electron chi connectivity index (χ3n) is 14.0. The van der Waals surface area contributed by atoms with Crippen LogP contribution in [-0.2, 0) is 67.2 Å². The maximum absolute atomic E-state index is 14.7. The number of aliphatic carboxylic acids is 1. The number of rotatable bonds is 34. The van der Waals surface area contributed by atoms with Crippen LogP contribution in [0.3, 0.4) is 0 Å². The summed E-state index contributed by atoms with van der Waals surface area (Å²) < 4.78 is 0. The lowest BCUT2D eigenvalue weighted by atomic mass is 10.0. The van der Waals surface area contributed by atoms with Gasteiger partial charge in [0.25, 0.3) is 0 Å². The lowest BCUT2D eigenvalue weighted by Gasteiger charge is -2.30. The first-order valence-corrected chi connectivity index (χ1v) is 27.6. The normalized spacial score (nSPS) is 15.5. The fraction of sp³-hybridized carbons (Fsp3) is 0.491. The molecule has 2 aromatic carbocycles. The number of carboxylic acids is 1. The molecule has 0 unspecified atom stereocenters. The molecule has 20 N–H and O–H groups in total. The van der Waals surface area contributed by atoms with Crippen LogP contribution in [0.2, 0.25) is 0 Å². The molecule has 2 aromatic heterocycles. The predicted molar refractivity (Wildman–Crippen MR) is 305 cm³/mol. The maximum atomic E-state index is 14.7. The molecule has 0 aliphatic carbocycles. The molecular formula is C55H79N17O11. The molecular weight excluding hydrogens is 1070 g/mol. The zero-order valence-electron chi connectivity index (χ0n) is 46.7. The van der Waals surface area contributed by atoms with Crippen LogP contribution in [-0.4, -0.2) is 165 Å². The minimum atomic E-state index is -1.41. The van der Waals surface area contributed by atoms with Crippen molar-refractivity contribution < 1.29 is 53.1 Å². The van der Waals surface area contributed by atoms with Crippen LogP contribution in [0, 0.1) is 5.92 Å². The molecule has 0 spiro atoms. The van der Waals surface area contributed by atoms with E-state index in [0.717, 1.165) is 10.9 Å². The number of amides is 9.